The Morgan fingerprint density at radius 3 is 2.88 bits per heavy atom. The zero-order valence-electron chi connectivity index (χ0n) is 9.56. The van der Waals surface area contributed by atoms with Gasteiger partial charge in [-0.3, -0.25) is 0 Å². The van der Waals surface area contributed by atoms with Crippen LogP contribution < -0.4 is 10.6 Å². The summed E-state index contributed by atoms with van der Waals surface area (Å²) in [7, 11) is -3.36. The Kier molecular flexibility index (Phi) is 3.09. The fourth-order valence-electron chi connectivity index (χ4n) is 2.03. The van der Waals surface area contributed by atoms with Crippen molar-refractivity contribution in [3.05, 3.63) is 24.0 Å². The number of para-hydroxylation sites is 1. The van der Waals surface area contributed by atoms with Gasteiger partial charge in [0.1, 0.15) is 5.82 Å². The van der Waals surface area contributed by atoms with Crippen molar-refractivity contribution in [3.8, 4) is 0 Å². The predicted octanol–water partition coefficient (Wildman–Crippen LogP) is 0.767. The standard InChI is InChI=1S/C11H15FN2O2S/c1-8(7-13)14-5-6-17(15,16)10-4-2-3-9(12)11(10)14/h2-4,8H,5-7,13H2,1H3. The lowest BCUT2D eigenvalue weighted by molar-refractivity contribution is 0.559. The summed E-state index contributed by atoms with van der Waals surface area (Å²) in [6.45, 7) is 2.50. The van der Waals surface area contributed by atoms with Crippen LogP contribution in [-0.2, 0) is 9.84 Å². The Balaban J connectivity index is 2.61. The molecule has 2 rings (SSSR count). The Hall–Kier alpha value is -1.14. The molecule has 0 amide bonds. The maximum Gasteiger partial charge on any atom is 0.182 e. The van der Waals surface area contributed by atoms with Gasteiger partial charge >= 0.3 is 0 Å². The zero-order valence-corrected chi connectivity index (χ0v) is 10.4. The highest BCUT2D eigenvalue weighted by Crippen LogP contribution is 2.33. The van der Waals surface area contributed by atoms with Crippen LogP contribution in [0, 0.1) is 5.82 Å². The molecule has 0 bridgehead atoms. The summed E-state index contributed by atoms with van der Waals surface area (Å²) < 4.78 is 37.5. The number of anilines is 1. The monoisotopic (exact) mass is 258 g/mol. The second-order valence-electron chi connectivity index (χ2n) is 4.18. The first-order valence-corrected chi connectivity index (χ1v) is 7.10. The van der Waals surface area contributed by atoms with Crippen molar-refractivity contribution in [2.75, 3.05) is 23.7 Å². The van der Waals surface area contributed by atoms with Gasteiger partial charge in [0.15, 0.2) is 9.84 Å². The van der Waals surface area contributed by atoms with Crippen LogP contribution in [0.25, 0.3) is 0 Å². The molecule has 1 unspecified atom stereocenters. The topological polar surface area (TPSA) is 63.4 Å². The summed E-state index contributed by atoms with van der Waals surface area (Å²) in [6, 6.07) is 4.06. The van der Waals surface area contributed by atoms with Crippen LogP contribution in [-0.4, -0.2) is 33.3 Å². The molecule has 1 aromatic carbocycles. The van der Waals surface area contributed by atoms with Crippen LogP contribution in [0.4, 0.5) is 10.1 Å². The van der Waals surface area contributed by atoms with Gasteiger partial charge in [0.25, 0.3) is 0 Å². The molecule has 2 N–H and O–H groups in total. The minimum Gasteiger partial charge on any atom is -0.363 e. The molecule has 1 atom stereocenters. The Morgan fingerprint density at radius 1 is 1.53 bits per heavy atom. The molecule has 1 aliphatic heterocycles. The van der Waals surface area contributed by atoms with Crippen molar-refractivity contribution in [1.82, 2.24) is 0 Å². The third-order valence-corrected chi connectivity index (χ3v) is 4.77. The van der Waals surface area contributed by atoms with E-state index in [2.05, 4.69) is 0 Å². The molecule has 0 fully saturated rings. The molecule has 0 radical (unpaired) electrons. The third kappa shape index (κ3) is 2.02. The van der Waals surface area contributed by atoms with E-state index in [1.54, 1.807) is 4.90 Å². The summed E-state index contributed by atoms with van der Waals surface area (Å²) in [6.07, 6.45) is 0. The van der Waals surface area contributed by atoms with E-state index in [9.17, 15) is 12.8 Å². The van der Waals surface area contributed by atoms with Crippen LogP contribution >= 0.6 is 0 Å². The number of benzene rings is 1. The van der Waals surface area contributed by atoms with Gasteiger partial charge in [-0.2, -0.15) is 0 Å². The molecule has 1 aromatic rings. The van der Waals surface area contributed by atoms with Gasteiger partial charge in [0.05, 0.1) is 16.3 Å². The number of sulfone groups is 1. The number of nitrogens with two attached hydrogens (primary N) is 1. The van der Waals surface area contributed by atoms with E-state index in [-0.39, 0.29) is 28.9 Å². The van der Waals surface area contributed by atoms with Gasteiger partial charge in [-0.05, 0) is 19.1 Å². The first kappa shape index (κ1) is 12.3. The molecule has 4 nitrogen and oxygen atoms in total. The molecular formula is C11H15FN2O2S. The molecule has 0 aliphatic carbocycles. The average molecular weight is 258 g/mol. The fraction of sp³-hybridized carbons (Fsp3) is 0.455. The van der Waals surface area contributed by atoms with Crippen LogP contribution in [0.2, 0.25) is 0 Å². The molecular weight excluding hydrogens is 243 g/mol. The first-order valence-electron chi connectivity index (χ1n) is 5.45. The highest BCUT2D eigenvalue weighted by Gasteiger charge is 2.32. The van der Waals surface area contributed by atoms with E-state index in [0.29, 0.717) is 6.54 Å². The van der Waals surface area contributed by atoms with Crippen LogP contribution in [0.1, 0.15) is 6.92 Å². The van der Waals surface area contributed by atoms with Crippen molar-refractivity contribution in [2.24, 2.45) is 5.73 Å². The Labute approximate surface area is 100 Å². The smallest absolute Gasteiger partial charge is 0.182 e. The maximum absolute atomic E-state index is 13.8. The molecule has 0 aromatic heterocycles. The lowest BCUT2D eigenvalue weighted by atomic mass is 10.2. The van der Waals surface area contributed by atoms with Crippen LogP contribution in [0.5, 0.6) is 0 Å². The number of nitrogens with zero attached hydrogens (tertiary/aromatic N) is 1. The normalized spacial score (nSPS) is 19.8. The Bertz CT molecular complexity index is 530. The summed E-state index contributed by atoms with van der Waals surface area (Å²) in [4.78, 5) is 1.80. The van der Waals surface area contributed by atoms with Crippen molar-refractivity contribution in [2.45, 2.75) is 17.9 Å². The van der Waals surface area contributed by atoms with Crippen LogP contribution in [0.3, 0.4) is 0 Å². The van der Waals surface area contributed by atoms with Gasteiger partial charge < -0.3 is 10.6 Å². The van der Waals surface area contributed by atoms with Gasteiger partial charge in [0.2, 0.25) is 0 Å². The van der Waals surface area contributed by atoms with Crippen molar-refractivity contribution >= 4 is 15.5 Å². The summed E-state index contributed by atoms with van der Waals surface area (Å²) in [5, 5.41) is 0. The Morgan fingerprint density at radius 2 is 2.24 bits per heavy atom. The largest absolute Gasteiger partial charge is 0.363 e. The van der Waals surface area contributed by atoms with Gasteiger partial charge in [-0.25, -0.2) is 12.8 Å². The van der Waals surface area contributed by atoms with Gasteiger partial charge in [0, 0.05) is 19.1 Å². The molecule has 0 saturated carbocycles. The second kappa shape index (κ2) is 4.27. The van der Waals surface area contributed by atoms with Gasteiger partial charge in [-0.15, -0.1) is 0 Å². The molecule has 1 aliphatic rings. The fourth-order valence-corrected chi connectivity index (χ4v) is 3.49. The lowest BCUT2D eigenvalue weighted by Gasteiger charge is -2.35. The van der Waals surface area contributed by atoms with Crippen molar-refractivity contribution < 1.29 is 12.8 Å². The van der Waals surface area contributed by atoms with E-state index in [1.807, 2.05) is 6.92 Å². The number of hydrogen-bond donors (Lipinski definition) is 1. The van der Waals surface area contributed by atoms with Crippen molar-refractivity contribution in [1.29, 1.82) is 0 Å². The van der Waals surface area contributed by atoms with Crippen LogP contribution in [0.15, 0.2) is 23.1 Å². The summed E-state index contributed by atoms with van der Waals surface area (Å²) in [5.41, 5.74) is 5.73. The first-order chi connectivity index (χ1) is 7.97. The van der Waals surface area contributed by atoms with E-state index in [1.165, 1.54) is 18.2 Å². The molecule has 1 heterocycles. The highest BCUT2D eigenvalue weighted by atomic mass is 32.2. The van der Waals surface area contributed by atoms with Gasteiger partial charge in [-0.1, -0.05) is 6.07 Å². The van der Waals surface area contributed by atoms with Crippen molar-refractivity contribution in [3.63, 3.8) is 0 Å². The zero-order chi connectivity index (χ0) is 12.6. The molecule has 6 heteroatoms. The maximum atomic E-state index is 13.8. The van der Waals surface area contributed by atoms with E-state index < -0.39 is 15.7 Å². The third-order valence-electron chi connectivity index (χ3n) is 3.05. The molecule has 17 heavy (non-hydrogen) atoms. The predicted molar refractivity (Wildman–Crippen MR) is 64.3 cm³/mol. The van der Waals surface area contributed by atoms with E-state index >= 15 is 0 Å². The number of rotatable bonds is 2. The number of halogens is 1. The minimum atomic E-state index is -3.36. The number of hydrogen-bond acceptors (Lipinski definition) is 4. The average Bonchev–Trinajstić information content (AvgIpc) is 2.29. The summed E-state index contributed by atoms with van der Waals surface area (Å²) in [5.74, 6) is -0.501. The highest BCUT2D eigenvalue weighted by molar-refractivity contribution is 7.91. The minimum absolute atomic E-state index is 0.00773. The molecule has 0 spiro atoms. The quantitative estimate of drug-likeness (QED) is 0.851. The van der Waals surface area contributed by atoms with E-state index in [0.717, 1.165) is 0 Å². The molecule has 0 saturated heterocycles. The lowest BCUT2D eigenvalue weighted by Crippen LogP contribution is -2.45. The summed E-state index contributed by atoms with van der Waals surface area (Å²) >= 11 is 0. The molecule has 94 valence electrons. The van der Waals surface area contributed by atoms with E-state index in [4.69, 9.17) is 5.73 Å². The SMILES string of the molecule is CC(CN)N1CCS(=O)(=O)c2cccc(F)c21. The second-order valence-corrected chi connectivity index (χ2v) is 6.26. The number of fused-ring (bicyclic) bond motifs is 1.